The maximum atomic E-state index is 14.7. The molecule has 0 aliphatic carbocycles. The lowest BCUT2D eigenvalue weighted by Crippen LogP contribution is -2.46. The SMILES string of the molecule is CCO[C@]1(c2ccc(F)cc2)C(=O)N(CC(N)=O)c2ccc(F)c(F)c21. The largest absolute Gasteiger partial charge is 0.368 e. The van der Waals surface area contributed by atoms with Crippen LogP contribution in [0.15, 0.2) is 36.4 Å². The standard InChI is InChI=1S/C18H15F3N2O3/c1-2-26-18(10-3-5-11(19)6-4-10)15-13(8-7-12(20)16(15)21)23(17(18)25)9-14(22)24/h3-8H,2,9H2,1H3,(H2,22,24)/t18-/m0/s1. The molecule has 1 heterocycles. The smallest absolute Gasteiger partial charge is 0.269 e. The number of rotatable bonds is 5. The van der Waals surface area contributed by atoms with E-state index in [1.165, 1.54) is 18.2 Å². The molecule has 2 N–H and O–H groups in total. The highest BCUT2D eigenvalue weighted by Gasteiger charge is 2.56. The first-order valence-corrected chi connectivity index (χ1v) is 7.81. The van der Waals surface area contributed by atoms with Gasteiger partial charge in [0.2, 0.25) is 11.5 Å². The molecule has 1 aliphatic heterocycles. The van der Waals surface area contributed by atoms with Crippen molar-refractivity contribution >= 4 is 17.5 Å². The van der Waals surface area contributed by atoms with E-state index < -0.39 is 41.4 Å². The number of halogens is 3. The Labute approximate surface area is 147 Å². The Kier molecular flexibility index (Phi) is 4.45. The first kappa shape index (κ1) is 17.9. The van der Waals surface area contributed by atoms with Crippen LogP contribution < -0.4 is 10.6 Å². The average Bonchev–Trinajstić information content (AvgIpc) is 2.82. The van der Waals surface area contributed by atoms with Crippen LogP contribution in [0.1, 0.15) is 18.1 Å². The topological polar surface area (TPSA) is 72.6 Å². The minimum Gasteiger partial charge on any atom is -0.368 e. The summed E-state index contributed by atoms with van der Waals surface area (Å²) < 4.78 is 47.7. The van der Waals surface area contributed by atoms with Gasteiger partial charge in [0.1, 0.15) is 12.4 Å². The van der Waals surface area contributed by atoms with Crippen LogP contribution in [0.4, 0.5) is 18.9 Å². The number of benzene rings is 2. The summed E-state index contributed by atoms with van der Waals surface area (Å²) >= 11 is 0. The van der Waals surface area contributed by atoms with Gasteiger partial charge in [0.15, 0.2) is 11.6 Å². The van der Waals surface area contributed by atoms with Crippen molar-refractivity contribution in [2.45, 2.75) is 12.5 Å². The molecule has 8 heteroatoms. The number of amides is 2. The van der Waals surface area contributed by atoms with Gasteiger partial charge in [0, 0.05) is 6.61 Å². The average molecular weight is 364 g/mol. The Hall–Kier alpha value is -2.87. The summed E-state index contributed by atoms with van der Waals surface area (Å²) in [6.07, 6.45) is 0. The fraction of sp³-hybridized carbons (Fsp3) is 0.222. The predicted molar refractivity (Wildman–Crippen MR) is 86.7 cm³/mol. The molecule has 0 unspecified atom stereocenters. The minimum atomic E-state index is -2.04. The van der Waals surface area contributed by atoms with Gasteiger partial charge in [-0.2, -0.15) is 0 Å². The summed E-state index contributed by atoms with van der Waals surface area (Å²) in [5, 5.41) is 0. The van der Waals surface area contributed by atoms with Crippen LogP contribution >= 0.6 is 0 Å². The van der Waals surface area contributed by atoms with Crippen molar-refractivity contribution in [3.63, 3.8) is 0 Å². The predicted octanol–water partition coefficient (Wildman–Crippen LogP) is 2.22. The van der Waals surface area contributed by atoms with Crippen molar-refractivity contribution in [1.82, 2.24) is 0 Å². The van der Waals surface area contributed by atoms with Crippen LogP contribution in [0.3, 0.4) is 0 Å². The van der Waals surface area contributed by atoms with Gasteiger partial charge in [-0.15, -0.1) is 0 Å². The molecule has 26 heavy (non-hydrogen) atoms. The van der Waals surface area contributed by atoms with Gasteiger partial charge in [-0.25, -0.2) is 13.2 Å². The monoisotopic (exact) mass is 364 g/mol. The lowest BCUT2D eigenvalue weighted by atomic mass is 9.86. The Bertz CT molecular complexity index is 886. The van der Waals surface area contributed by atoms with E-state index in [9.17, 15) is 22.8 Å². The lowest BCUT2D eigenvalue weighted by molar-refractivity contribution is -0.138. The van der Waals surface area contributed by atoms with Crippen molar-refractivity contribution in [3.8, 4) is 0 Å². The number of hydrogen-bond donors (Lipinski definition) is 1. The van der Waals surface area contributed by atoms with E-state index in [1.807, 2.05) is 0 Å². The molecular weight excluding hydrogens is 349 g/mol. The maximum absolute atomic E-state index is 14.7. The summed E-state index contributed by atoms with van der Waals surface area (Å²) in [5.41, 5.74) is 2.88. The number of carbonyl (C=O) groups excluding carboxylic acids is 2. The molecular formula is C18H15F3N2O3. The molecule has 1 atom stereocenters. The maximum Gasteiger partial charge on any atom is 0.269 e. The quantitative estimate of drug-likeness (QED) is 0.884. The number of hydrogen-bond acceptors (Lipinski definition) is 3. The number of primary amides is 1. The zero-order valence-electron chi connectivity index (χ0n) is 13.8. The number of ether oxygens (including phenoxy) is 1. The van der Waals surface area contributed by atoms with Gasteiger partial charge in [0.05, 0.1) is 11.3 Å². The molecule has 1 aliphatic rings. The Balaban J connectivity index is 2.34. The third kappa shape index (κ3) is 2.53. The molecule has 0 saturated carbocycles. The summed E-state index contributed by atoms with van der Waals surface area (Å²) in [5.74, 6) is -4.66. The fourth-order valence-electron chi connectivity index (χ4n) is 3.21. The fourth-order valence-corrected chi connectivity index (χ4v) is 3.21. The number of nitrogens with two attached hydrogens (primary N) is 1. The second-order valence-electron chi connectivity index (χ2n) is 5.73. The van der Waals surface area contributed by atoms with E-state index in [4.69, 9.17) is 10.5 Å². The highest BCUT2D eigenvalue weighted by Crippen LogP contribution is 2.48. The minimum absolute atomic E-state index is 0.0227. The van der Waals surface area contributed by atoms with E-state index in [2.05, 4.69) is 0 Å². The van der Waals surface area contributed by atoms with Crippen LogP contribution in [-0.2, 0) is 19.9 Å². The molecule has 2 aromatic rings. The third-order valence-corrected chi connectivity index (χ3v) is 4.19. The van der Waals surface area contributed by atoms with Crippen molar-refractivity contribution in [3.05, 3.63) is 65.0 Å². The van der Waals surface area contributed by atoms with E-state index in [-0.39, 0.29) is 23.4 Å². The summed E-state index contributed by atoms with van der Waals surface area (Å²) in [6.45, 7) is 1.02. The van der Waals surface area contributed by atoms with Crippen molar-refractivity contribution < 1.29 is 27.5 Å². The van der Waals surface area contributed by atoms with E-state index in [0.29, 0.717) is 0 Å². The van der Waals surface area contributed by atoms with Crippen LogP contribution in [0.5, 0.6) is 0 Å². The zero-order valence-corrected chi connectivity index (χ0v) is 13.8. The van der Waals surface area contributed by atoms with E-state index in [0.717, 1.165) is 23.1 Å². The van der Waals surface area contributed by atoms with Crippen molar-refractivity contribution in [2.24, 2.45) is 5.73 Å². The second kappa shape index (κ2) is 6.45. The first-order valence-electron chi connectivity index (χ1n) is 7.81. The third-order valence-electron chi connectivity index (χ3n) is 4.19. The molecule has 2 aromatic carbocycles. The van der Waals surface area contributed by atoms with Crippen LogP contribution in [-0.4, -0.2) is 25.0 Å². The number of carbonyl (C=O) groups is 2. The van der Waals surface area contributed by atoms with Gasteiger partial charge in [-0.3, -0.25) is 14.5 Å². The molecule has 136 valence electrons. The summed E-state index contributed by atoms with van der Waals surface area (Å²) in [7, 11) is 0. The second-order valence-corrected chi connectivity index (χ2v) is 5.73. The summed E-state index contributed by atoms with van der Waals surface area (Å²) in [6, 6.07) is 6.70. The molecule has 0 aromatic heterocycles. The zero-order chi connectivity index (χ0) is 19.1. The highest BCUT2D eigenvalue weighted by atomic mass is 19.2. The van der Waals surface area contributed by atoms with Gasteiger partial charge >= 0.3 is 0 Å². The Morgan fingerprint density at radius 2 is 1.81 bits per heavy atom. The van der Waals surface area contributed by atoms with Gasteiger partial charge in [0.25, 0.3) is 5.91 Å². The van der Waals surface area contributed by atoms with E-state index in [1.54, 1.807) is 6.92 Å². The highest BCUT2D eigenvalue weighted by molar-refractivity contribution is 6.11. The van der Waals surface area contributed by atoms with Gasteiger partial charge in [-0.1, -0.05) is 12.1 Å². The van der Waals surface area contributed by atoms with Crippen LogP contribution in [0.2, 0.25) is 0 Å². The van der Waals surface area contributed by atoms with Crippen LogP contribution in [0, 0.1) is 17.5 Å². The lowest BCUT2D eigenvalue weighted by Gasteiger charge is -2.29. The normalized spacial score (nSPS) is 18.9. The molecule has 2 amide bonds. The van der Waals surface area contributed by atoms with Crippen molar-refractivity contribution in [1.29, 1.82) is 0 Å². The van der Waals surface area contributed by atoms with Crippen LogP contribution in [0.25, 0.3) is 0 Å². The molecule has 0 spiro atoms. The first-order chi connectivity index (χ1) is 12.3. The molecule has 5 nitrogen and oxygen atoms in total. The molecule has 0 fully saturated rings. The Morgan fingerprint density at radius 3 is 2.38 bits per heavy atom. The summed E-state index contributed by atoms with van der Waals surface area (Å²) in [4.78, 5) is 25.5. The molecule has 0 radical (unpaired) electrons. The Morgan fingerprint density at radius 1 is 1.15 bits per heavy atom. The van der Waals surface area contributed by atoms with Crippen molar-refractivity contribution in [2.75, 3.05) is 18.1 Å². The molecule has 0 saturated heterocycles. The number of fused-ring (bicyclic) bond motifs is 1. The number of nitrogens with zero attached hydrogens (tertiary/aromatic N) is 1. The number of anilines is 1. The molecule has 3 rings (SSSR count). The van der Waals surface area contributed by atoms with Gasteiger partial charge in [-0.05, 0) is 36.8 Å². The molecule has 0 bridgehead atoms. The van der Waals surface area contributed by atoms with E-state index >= 15 is 0 Å². The van der Waals surface area contributed by atoms with Gasteiger partial charge < -0.3 is 10.5 Å².